The van der Waals surface area contributed by atoms with Gasteiger partial charge in [-0.25, -0.2) is 8.78 Å². The number of carbonyl (C=O) groups is 2. The Morgan fingerprint density at radius 2 is 1.81 bits per heavy atom. The number of amides is 1. The molecule has 4 rings (SSSR count). The Hall–Kier alpha value is -4.07. The van der Waals surface area contributed by atoms with E-state index in [1.165, 1.54) is 25.6 Å². The van der Waals surface area contributed by atoms with Crippen LogP contribution in [-0.2, 0) is 9.59 Å². The number of aromatic nitrogens is 1. The number of halogens is 2. The predicted octanol–water partition coefficient (Wildman–Crippen LogP) is 3.99. The minimum absolute atomic E-state index is 0.0244. The zero-order chi connectivity index (χ0) is 22.1. The maximum atomic E-state index is 13.9. The maximum absolute atomic E-state index is 13.9. The fourth-order valence-corrected chi connectivity index (χ4v) is 3.49. The number of Topliss-reactive ketones (excluding diaryl/α,β-unsaturated/α-hetero) is 1. The molecule has 0 bridgehead atoms. The predicted molar refractivity (Wildman–Crippen MR) is 108 cm³/mol. The number of hydrogen-bond acceptors (Lipinski definition) is 5. The van der Waals surface area contributed by atoms with E-state index < -0.39 is 35.1 Å². The molecule has 0 aliphatic carbocycles. The lowest BCUT2D eigenvalue weighted by molar-refractivity contribution is -0.132. The Kier molecular flexibility index (Phi) is 5.21. The van der Waals surface area contributed by atoms with E-state index >= 15 is 0 Å². The SMILES string of the molecule is COc1ccc(/C(O)=C2\C(=O)C(=O)N(c3ccc(F)c(F)c3)C2c2cccnc2)cc1. The van der Waals surface area contributed by atoms with E-state index in [0.717, 1.165) is 17.0 Å². The molecule has 3 aromatic rings. The molecular formula is C23H16F2N2O4. The number of methoxy groups -OCH3 is 1. The fourth-order valence-electron chi connectivity index (χ4n) is 3.49. The van der Waals surface area contributed by atoms with E-state index in [-0.39, 0.29) is 16.8 Å². The molecule has 1 aliphatic rings. The fraction of sp³-hybridized carbons (Fsp3) is 0.0870. The Bertz CT molecular complexity index is 1190. The number of ketones is 1. The van der Waals surface area contributed by atoms with Gasteiger partial charge in [0.15, 0.2) is 11.6 Å². The smallest absolute Gasteiger partial charge is 0.300 e. The van der Waals surface area contributed by atoms with Crippen molar-refractivity contribution in [3.8, 4) is 5.75 Å². The van der Waals surface area contributed by atoms with Crippen molar-refractivity contribution in [3.05, 3.63) is 95.3 Å². The second-order valence-corrected chi connectivity index (χ2v) is 6.78. The van der Waals surface area contributed by atoms with Crippen LogP contribution in [0, 0.1) is 11.6 Å². The van der Waals surface area contributed by atoms with Gasteiger partial charge in [-0.1, -0.05) is 6.07 Å². The quantitative estimate of drug-likeness (QED) is 0.391. The molecule has 8 heteroatoms. The number of aliphatic hydroxyl groups is 1. The van der Waals surface area contributed by atoms with E-state index in [1.807, 2.05) is 0 Å². The van der Waals surface area contributed by atoms with Gasteiger partial charge >= 0.3 is 0 Å². The standard InChI is InChI=1S/C23H16F2N2O4/c1-31-16-7-4-13(5-8-16)21(28)19-20(14-3-2-10-26-12-14)27(23(30)22(19)29)15-6-9-17(24)18(25)11-15/h2-12,20,28H,1H3/b21-19+. The largest absolute Gasteiger partial charge is 0.507 e. The van der Waals surface area contributed by atoms with E-state index in [4.69, 9.17) is 4.74 Å². The van der Waals surface area contributed by atoms with E-state index in [1.54, 1.807) is 36.4 Å². The van der Waals surface area contributed by atoms with Gasteiger partial charge in [0.25, 0.3) is 11.7 Å². The molecule has 0 saturated carbocycles. The molecule has 156 valence electrons. The monoisotopic (exact) mass is 422 g/mol. The van der Waals surface area contributed by atoms with Crippen molar-refractivity contribution in [2.24, 2.45) is 0 Å². The zero-order valence-corrected chi connectivity index (χ0v) is 16.3. The van der Waals surface area contributed by atoms with Crippen molar-refractivity contribution in [3.63, 3.8) is 0 Å². The van der Waals surface area contributed by atoms with Crippen molar-refractivity contribution in [1.29, 1.82) is 0 Å². The highest BCUT2D eigenvalue weighted by atomic mass is 19.2. The summed E-state index contributed by atoms with van der Waals surface area (Å²) in [6.07, 6.45) is 2.95. The summed E-state index contributed by atoms with van der Waals surface area (Å²) in [5.74, 6) is -4.04. The topological polar surface area (TPSA) is 79.7 Å². The summed E-state index contributed by atoms with van der Waals surface area (Å²) in [5, 5.41) is 11.0. The summed E-state index contributed by atoms with van der Waals surface area (Å²) in [7, 11) is 1.49. The van der Waals surface area contributed by atoms with Crippen molar-refractivity contribution >= 4 is 23.1 Å². The third kappa shape index (κ3) is 3.52. The second kappa shape index (κ2) is 7.98. The van der Waals surface area contributed by atoms with Crippen LogP contribution in [0.15, 0.2) is 72.6 Å². The number of aliphatic hydroxyl groups excluding tert-OH is 1. The molecule has 31 heavy (non-hydrogen) atoms. The summed E-state index contributed by atoms with van der Waals surface area (Å²) in [5.41, 5.74) is 0.496. The third-order valence-electron chi connectivity index (χ3n) is 4.99. The molecule has 1 saturated heterocycles. The number of nitrogens with zero attached hydrogens (tertiary/aromatic N) is 2. The van der Waals surface area contributed by atoms with Gasteiger partial charge in [-0.2, -0.15) is 0 Å². The molecule has 2 heterocycles. The van der Waals surface area contributed by atoms with Crippen LogP contribution in [0.1, 0.15) is 17.2 Å². The van der Waals surface area contributed by atoms with Crippen LogP contribution in [0.4, 0.5) is 14.5 Å². The Morgan fingerprint density at radius 3 is 2.42 bits per heavy atom. The highest BCUT2D eigenvalue weighted by Crippen LogP contribution is 2.42. The third-order valence-corrected chi connectivity index (χ3v) is 4.99. The summed E-state index contributed by atoms with van der Waals surface area (Å²) in [4.78, 5) is 30.9. The molecule has 1 fully saturated rings. The first-order chi connectivity index (χ1) is 14.9. The van der Waals surface area contributed by atoms with Crippen molar-refractivity contribution in [2.75, 3.05) is 12.0 Å². The van der Waals surface area contributed by atoms with Crippen LogP contribution >= 0.6 is 0 Å². The lowest BCUT2D eigenvalue weighted by atomic mass is 9.96. The number of benzene rings is 2. The molecule has 1 unspecified atom stereocenters. The molecule has 1 amide bonds. The average Bonchev–Trinajstić information content (AvgIpc) is 3.06. The number of anilines is 1. The molecule has 0 spiro atoms. The lowest BCUT2D eigenvalue weighted by Gasteiger charge is -2.25. The highest BCUT2D eigenvalue weighted by Gasteiger charge is 2.47. The Labute approximate surface area is 176 Å². The lowest BCUT2D eigenvalue weighted by Crippen LogP contribution is -2.29. The molecule has 1 aliphatic heterocycles. The molecule has 0 radical (unpaired) electrons. The number of pyridine rings is 1. The van der Waals surface area contributed by atoms with Gasteiger partial charge in [-0.15, -0.1) is 0 Å². The number of ether oxygens (including phenoxy) is 1. The Morgan fingerprint density at radius 1 is 1.06 bits per heavy atom. The van der Waals surface area contributed by atoms with Gasteiger partial charge in [-0.05, 0) is 48.0 Å². The number of rotatable bonds is 4. The molecule has 1 aromatic heterocycles. The summed E-state index contributed by atoms with van der Waals surface area (Å²) >= 11 is 0. The van der Waals surface area contributed by atoms with Gasteiger partial charge in [0.2, 0.25) is 0 Å². The number of hydrogen-bond donors (Lipinski definition) is 1. The first-order valence-electron chi connectivity index (χ1n) is 9.22. The van der Waals surface area contributed by atoms with Gasteiger partial charge in [0.1, 0.15) is 11.5 Å². The summed E-state index contributed by atoms with van der Waals surface area (Å²) < 4.78 is 32.4. The first kappa shape index (κ1) is 20.2. The Balaban J connectivity index is 1.92. The van der Waals surface area contributed by atoms with Crippen LogP contribution in [0.5, 0.6) is 5.75 Å². The van der Waals surface area contributed by atoms with Crippen LogP contribution in [0.3, 0.4) is 0 Å². The van der Waals surface area contributed by atoms with Crippen molar-refractivity contribution < 1.29 is 28.2 Å². The van der Waals surface area contributed by atoms with E-state index in [0.29, 0.717) is 11.3 Å². The number of carbonyl (C=O) groups excluding carboxylic acids is 2. The molecular weight excluding hydrogens is 406 g/mol. The minimum atomic E-state index is -1.17. The second-order valence-electron chi connectivity index (χ2n) is 6.78. The molecule has 6 nitrogen and oxygen atoms in total. The average molecular weight is 422 g/mol. The maximum Gasteiger partial charge on any atom is 0.300 e. The van der Waals surface area contributed by atoms with Crippen LogP contribution in [0.25, 0.3) is 5.76 Å². The van der Waals surface area contributed by atoms with Gasteiger partial charge < -0.3 is 9.84 Å². The van der Waals surface area contributed by atoms with E-state index in [2.05, 4.69) is 4.98 Å². The highest BCUT2D eigenvalue weighted by molar-refractivity contribution is 6.51. The van der Waals surface area contributed by atoms with E-state index in [9.17, 15) is 23.5 Å². The van der Waals surface area contributed by atoms with Crippen LogP contribution < -0.4 is 9.64 Å². The molecule has 1 N–H and O–H groups in total. The van der Waals surface area contributed by atoms with Crippen molar-refractivity contribution in [1.82, 2.24) is 4.98 Å². The van der Waals surface area contributed by atoms with Gasteiger partial charge in [-0.3, -0.25) is 19.5 Å². The zero-order valence-electron chi connectivity index (χ0n) is 16.3. The van der Waals surface area contributed by atoms with Crippen LogP contribution in [-0.4, -0.2) is 28.9 Å². The van der Waals surface area contributed by atoms with Gasteiger partial charge in [0.05, 0.1) is 18.7 Å². The summed E-state index contributed by atoms with van der Waals surface area (Å²) in [6, 6.07) is 11.3. The molecule has 2 aromatic carbocycles. The minimum Gasteiger partial charge on any atom is -0.507 e. The van der Waals surface area contributed by atoms with Gasteiger partial charge in [0, 0.05) is 29.7 Å². The van der Waals surface area contributed by atoms with Crippen LogP contribution in [0.2, 0.25) is 0 Å². The summed E-state index contributed by atoms with van der Waals surface area (Å²) in [6.45, 7) is 0. The van der Waals surface area contributed by atoms with Crippen molar-refractivity contribution in [2.45, 2.75) is 6.04 Å². The first-order valence-corrected chi connectivity index (χ1v) is 9.22. The normalized spacial score (nSPS) is 17.8. The molecule has 1 atom stereocenters.